The molecule has 4 atom stereocenters. The van der Waals surface area contributed by atoms with Crippen LogP contribution in [0, 0.1) is 11.8 Å². The van der Waals surface area contributed by atoms with Crippen molar-refractivity contribution in [2.24, 2.45) is 11.8 Å². The molecule has 0 spiro atoms. The van der Waals surface area contributed by atoms with Crippen molar-refractivity contribution in [1.29, 1.82) is 0 Å². The largest absolute Gasteiger partial charge is 0.350 e. The van der Waals surface area contributed by atoms with Gasteiger partial charge in [0, 0.05) is 24.5 Å². The van der Waals surface area contributed by atoms with Crippen LogP contribution in [-0.4, -0.2) is 59.3 Å². The maximum absolute atomic E-state index is 13.0. The van der Waals surface area contributed by atoms with E-state index >= 15 is 0 Å². The van der Waals surface area contributed by atoms with Crippen LogP contribution in [-0.2, 0) is 0 Å². The van der Waals surface area contributed by atoms with Crippen molar-refractivity contribution >= 4 is 5.91 Å². The van der Waals surface area contributed by atoms with E-state index < -0.39 is 0 Å². The molecule has 6 nitrogen and oxygen atoms in total. The summed E-state index contributed by atoms with van der Waals surface area (Å²) in [7, 11) is 0. The molecule has 6 heteroatoms. The van der Waals surface area contributed by atoms with Gasteiger partial charge in [-0.3, -0.25) is 14.8 Å². The predicted molar refractivity (Wildman–Crippen MR) is 109 cm³/mol. The van der Waals surface area contributed by atoms with E-state index in [-0.39, 0.29) is 5.91 Å². The van der Waals surface area contributed by atoms with Gasteiger partial charge in [-0.2, -0.15) is 5.10 Å². The van der Waals surface area contributed by atoms with Gasteiger partial charge in [0.1, 0.15) is 0 Å². The summed E-state index contributed by atoms with van der Waals surface area (Å²) in [6.45, 7) is 4.25. The van der Waals surface area contributed by atoms with Crippen molar-refractivity contribution in [3.63, 3.8) is 0 Å². The maximum atomic E-state index is 13.0. The van der Waals surface area contributed by atoms with Gasteiger partial charge in [-0.1, -0.05) is 25.7 Å². The molecule has 3 saturated heterocycles. The van der Waals surface area contributed by atoms with Crippen LogP contribution in [0.2, 0.25) is 0 Å². The van der Waals surface area contributed by atoms with Gasteiger partial charge in [-0.05, 0) is 63.6 Å². The fourth-order valence-electron chi connectivity index (χ4n) is 6.52. The van der Waals surface area contributed by atoms with Crippen molar-refractivity contribution in [2.45, 2.75) is 75.8 Å². The number of amides is 1. The molecule has 2 bridgehead atoms. The summed E-state index contributed by atoms with van der Waals surface area (Å²) < 4.78 is 0. The number of fused-ring (bicyclic) bond motifs is 4. The number of piperidine rings is 3. The molecule has 1 aromatic heterocycles. The van der Waals surface area contributed by atoms with Crippen LogP contribution in [0.5, 0.6) is 0 Å². The SMILES string of the molecule is O=C(NC[C@H]1[C@@H]2CNC[C@@H](C2)[C@@H]2CCCCN21)c1cn[nH]c1C1CCCCC1. The first-order chi connectivity index (χ1) is 13.8. The number of aromatic amines is 1. The Morgan fingerprint density at radius 2 is 1.93 bits per heavy atom. The Bertz CT molecular complexity index is 682. The monoisotopic (exact) mass is 385 g/mol. The van der Waals surface area contributed by atoms with Crippen LogP contribution < -0.4 is 10.6 Å². The number of nitrogens with one attached hydrogen (secondary N) is 3. The smallest absolute Gasteiger partial charge is 0.254 e. The van der Waals surface area contributed by atoms with E-state index in [9.17, 15) is 4.79 Å². The van der Waals surface area contributed by atoms with E-state index in [2.05, 4.69) is 25.7 Å². The van der Waals surface area contributed by atoms with Crippen molar-refractivity contribution < 1.29 is 4.79 Å². The molecule has 4 fully saturated rings. The molecular formula is C22H35N5O. The predicted octanol–water partition coefficient (Wildman–Crippen LogP) is 2.65. The number of aromatic nitrogens is 2. The lowest BCUT2D eigenvalue weighted by Gasteiger charge is -2.55. The highest BCUT2D eigenvalue weighted by atomic mass is 16.1. The molecule has 1 aromatic rings. The summed E-state index contributed by atoms with van der Waals surface area (Å²) in [5.74, 6) is 2.00. The number of carbonyl (C=O) groups is 1. The Balaban J connectivity index is 1.26. The summed E-state index contributed by atoms with van der Waals surface area (Å²) in [6, 6.07) is 1.19. The van der Waals surface area contributed by atoms with Crippen LogP contribution in [0.4, 0.5) is 0 Å². The summed E-state index contributed by atoms with van der Waals surface area (Å²) in [4.78, 5) is 15.8. The Hall–Kier alpha value is -1.40. The van der Waals surface area contributed by atoms with Gasteiger partial charge in [0.2, 0.25) is 0 Å². The van der Waals surface area contributed by atoms with Crippen molar-refractivity contribution in [1.82, 2.24) is 25.7 Å². The molecule has 0 radical (unpaired) electrons. The Morgan fingerprint density at radius 1 is 1.11 bits per heavy atom. The standard InChI is InChI=1S/C22H35N5O/c28-22(18-13-25-26-21(18)15-6-2-1-3-7-15)24-14-20-17-10-16(11-23-12-17)19-8-4-5-9-27(19)20/h13,15-17,19-20,23H,1-12,14H2,(H,24,28)(H,25,26)/t16-,17+,19+,20+/m1/s1. The molecule has 1 aliphatic carbocycles. The van der Waals surface area contributed by atoms with Crippen LogP contribution in [0.1, 0.15) is 79.8 Å². The maximum Gasteiger partial charge on any atom is 0.254 e. The minimum atomic E-state index is 0.0637. The van der Waals surface area contributed by atoms with Crippen LogP contribution in [0.15, 0.2) is 6.20 Å². The molecule has 4 heterocycles. The lowest BCUT2D eigenvalue weighted by atomic mass is 9.73. The minimum Gasteiger partial charge on any atom is -0.350 e. The van der Waals surface area contributed by atoms with E-state index in [1.54, 1.807) is 6.20 Å². The third kappa shape index (κ3) is 3.50. The molecule has 154 valence electrons. The number of hydrogen-bond acceptors (Lipinski definition) is 4. The Kier molecular flexibility index (Phi) is 5.42. The van der Waals surface area contributed by atoms with Gasteiger partial charge in [0.15, 0.2) is 0 Å². The summed E-state index contributed by atoms with van der Waals surface area (Å²) in [5.41, 5.74) is 1.84. The Morgan fingerprint density at radius 3 is 2.82 bits per heavy atom. The van der Waals surface area contributed by atoms with E-state index in [4.69, 9.17) is 0 Å². The minimum absolute atomic E-state index is 0.0637. The number of nitrogens with zero attached hydrogens (tertiary/aromatic N) is 2. The number of hydrogen-bond donors (Lipinski definition) is 3. The quantitative estimate of drug-likeness (QED) is 0.745. The third-order valence-electron chi connectivity index (χ3n) is 7.92. The second-order valence-electron chi connectivity index (χ2n) is 9.52. The van der Waals surface area contributed by atoms with Gasteiger partial charge in [-0.25, -0.2) is 0 Å². The highest BCUT2D eigenvalue weighted by Gasteiger charge is 2.45. The highest BCUT2D eigenvalue weighted by Crippen LogP contribution is 2.39. The highest BCUT2D eigenvalue weighted by molar-refractivity contribution is 5.95. The summed E-state index contributed by atoms with van der Waals surface area (Å²) in [6.07, 6.45) is 13.3. The van der Waals surface area contributed by atoms with Gasteiger partial charge < -0.3 is 10.6 Å². The van der Waals surface area contributed by atoms with E-state index in [1.165, 1.54) is 70.9 Å². The third-order valence-corrected chi connectivity index (χ3v) is 7.92. The first-order valence-electron chi connectivity index (χ1n) is 11.6. The Labute approximate surface area is 168 Å². The van der Waals surface area contributed by atoms with Gasteiger partial charge >= 0.3 is 0 Å². The average molecular weight is 386 g/mol. The van der Waals surface area contributed by atoms with Gasteiger partial charge in [0.05, 0.1) is 17.5 Å². The fraction of sp³-hybridized carbons (Fsp3) is 0.818. The van der Waals surface area contributed by atoms with E-state index in [0.717, 1.165) is 30.3 Å². The first kappa shape index (κ1) is 18.6. The summed E-state index contributed by atoms with van der Waals surface area (Å²) >= 11 is 0. The molecule has 28 heavy (non-hydrogen) atoms. The number of H-pyrrole nitrogens is 1. The number of carbonyl (C=O) groups excluding carboxylic acids is 1. The van der Waals surface area contributed by atoms with Crippen molar-refractivity contribution in [3.8, 4) is 0 Å². The fourth-order valence-corrected chi connectivity index (χ4v) is 6.52. The van der Waals surface area contributed by atoms with E-state index in [1.807, 2.05) is 0 Å². The molecule has 0 unspecified atom stereocenters. The van der Waals surface area contributed by atoms with Crippen LogP contribution >= 0.6 is 0 Å². The topological polar surface area (TPSA) is 73.1 Å². The molecule has 3 aliphatic heterocycles. The zero-order valence-corrected chi connectivity index (χ0v) is 17.0. The van der Waals surface area contributed by atoms with Gasteiger partial charge in [-0.15, -0.1) is 0 Å². The second kappa shape index (κ2) is 8.15. The zero-order valence-electron chi connectivity index (χ0n) is 17.0. The molecule has 3 N–H and O–H groups in total. The molecular weight excluding hydrogens is 350 g/mol. The van der Waals surface area contributed by atoms with Gasteiger partial charge in [0.25, 0.3) is 5.91 Å². The second-order valence-corrected chi connectivity index (χ2v) is 9.52. The van der Waals surface area contributed by atoms with Crippen LogP contribution in [0.25, 0.3) is 0 Å². The van der Waals surface area contributed by atoms with E-state index in [0.29, 0.717) is 23.9 Å². The number of rotatable bonds is 4. The van der Waals surface area contributed by atoms with Crippen molar-refractivity contribution in [2.75, 3.05) is 26.2 Å². The molecule has 4 aliphatic rings. The molecule has 1 saturated carbocycles. The average Bonchev–Trinajstić information content (AvgIpc) is 3.24. The first-order valence-corrected chi connectivity index (χ1v) is 11.6. The normalized spacial score (nSPS) is 34.0. The summed E-state index contributed by atoms with van der Waals surface area (Å²) in [5, 5.41) is 14.3. The molecule has 1 amide bonds. The molecule has 0 aromatic carbocycles. The van der Waals surface area contributed by atoms with Crippen LogP contribution in [0.3, 0.4) is 0 Å². The lowest BCUT2D eigenvalue weighted by molar-refractivity contribution is -0.0371. The lowest BCUT2D eigenvalue weighted by Crippen LogP contribution is -2.65. The zero-order chi connectivity index (χ0) is 18.9. The van der Waals surface area contributed by atoms with Crippen molar-refractivity contribution in [3.05, 3.63) is 17.5 Å². The molecule has 5 rings (SSSR count).